The number of nitrogens with zero attached hydrogens (tertiary/aromatic N) is 2. The maximum absolute atomic E-state index is 12.8. The molecule has 0 radical (unpaired) electrons. The molecule has 0 spiro atoms. The fourth-order valence-electron chi connectivity index (χ4n) is 3.30. The predicted molar refractivity (Wildman–Crippen MR) is 112 cm³/mol. The zero-order valence-corrected chi connectivity index (χ0v) is 17.3. The molecule has 0 saturated carbocycles. The van der Waals surface area contributed by atoms with Gasteiger partial charge in [0.25, 0.3) is 0 Å². The second-order valence-corrected chi connectivity index (χ2v) is 9.19. The lowest BCUT2D eigenvalue weighted by Crippen LogP contribution is -2.30. The first kappa shape index (κ1) is 20.1. The SMILES string of the molecule is Cc1cccc([C@@H]2CC(c3ccccc3NS(C)(=O)=O)=NN2C(=O)C(C)C)c1. The van der Waals surface area contributed by atoms with Crippen molar-refractivity contribution in [2.75, 3.05) is 11.0 Å². The van der Waals surface area contributed by atoms with Gasteiger partial charge < -0.3 is 0 Å². The van der Waals surface area contributed by atoms with Gasteiger partial charge in [0.1, 0.15) is 0 Å². The van der Waals surface area contributed by atoms with Crippen LogP contribution in [0.3, 0.4) is 0 Å². The van der Waals surface area contributed by atoms with E-state index in [-0.39, 0.29) is 17.9 Å². The molecule has 0 unspecified atom stereocenters. The van der Waals surface area contributed by atoms with E-state index in [2.05, 4.69) is 15.9 Å². The van der Waals surface area contributed by atoms with Crippen molar-refractivity contribution in [2.24, 2.45) is 11.0 Å². The molecule has 3 rings (SSSR count). The van der Waals surface area contributed by atoms with Crippen LogP contribution in [0.1, 0.15) is 43.0 Å². The summed E-state index contributed by atoms with van der Waals surface area (Å²) in [6, 6.07) is 15.0. The minimum absolute atomic E-state index is 0.0601. The Labute approximate surface area is 166 Å². The van der Waals surface area contributed by atoms with Gasteiger partial charge in [0, 0.05) is 17.9 Å². The van der Waals surface area contributed by atoms with E-state index in [1.165, 1.54) is 0 Å². The van der Waals surface area contributed by atoms with Gasteiger partial charge in [-0.1, -0.05) is 61.9 Å². The molecule has 1 amide bonds. The van der Waals surface area contributed by atoms with Crippen LogP contribution in [0.2, 0.25) is 0 Å². The molecule has 2 aromatic carbocycles. The molecule has 0 aromatic heterocycles. The number of nitrogens with one attached hydrogen (secondary N) is 1. The number of rotatable bonds is 5. The Morgan fingerprint density at radius 1 is 1.18 bits per heavy atom. The van der Waals surface area contributed by atoms with Gasteiger partial charge >= 0.3 is 0 Å². The summed E-state index contributed by atoms with van der Waals surface area (Å²) in [5.74, 6) is -0.255. The van der Waals surface area contributed by atoms with E-state index < -0.39 is 10.0 Å². The Kier molecular flexibility index (Phi) is 5.56. The highest BCUT2D eigenvalue weighted by Crippen LogP contribution is 2.35. The maximum Gasteiger partial charge on any atom is 0.245 e. The van der Waals surface area contributed by atoms with Crippen molar-refractivity contribution < 1.29 is 13.2 Å². The molecule has 2 aromatic rings. The van der Waals surface area contributed by atoms with Crippen LogP contribution in [-0.2, 0) is 14.8 Å². The third kappa shape index (κ3) is 4.42. The number of hydrogen-bond acceptors (Lipinski definition) is 4. The van der Waals surface area contributed by atoms with Gasteiger partial charge in [-0.05, 0) is 18.6 Å². The first-order valence-corrected chi connectivity index (χ1v) is 11.1. The van der Waals surface area contributed by atoms with Crippen LogP contribution in [0, 0.1) is 12.8 Å². The Hall–Kier alpha value is -2.67. The Morgan fingerprint density at radius 3 is 2.54 bits per heavy atom. The molecule has 1 heterocycles. The van der Waals surface area contributed by atoms with Crippen LogP contribution >= 0.6 is 0 Å². The van der Waals surface area contributed by atoms with Crippen LogP contribution in [0.15, 0.2) is 53.6 Å². The number of carbonyl (C=O) groups excluding carboxylic acids is 1. The summed E-state index contributed by atoms with van der Waals surface area (Å²) in [4.78, 5) is 12.8. The van der Waals surface area contributed by atoms with Crippen molar-refractivity contribution in [2.45, 2.75) is 33.2 Å². The number of anilines is 1. The van der Waals surface area contributed by atoms with Crippen LogP contribution < -0.4 is 4.72 Å². The van der Waals surface area contributed by atoms with E-state index in [0.717, 1.165) is 17.4 Å². The molecule has 0 bridgehead atoms. The van der Waals surface area contributed by atoms with E-state index in [4.69, 9.17) is 0 Å². The predicted octanol–water partition coefficient (Wildman–Crippen LogP) is 3.70. The summed E-state index contributed by atoms with van der Waals surface area (Å²) < 4.78 is 26.0. The van der Waals surface area contributed by atoms with Crippen LogP contribution in [0.5, 0.6) is 0 Å². The highest BCUT2D eigenvalue weighted by molar-refractivity contribution is 7.92. The highest BCUT2D eigenvalue weighted by atomic mass is 32.2. The lowest BCUT2D eigenvalue weighted by molar-refractivity contribution is -0.136. The number of sulfonamides is 1. The van der Waals surface area contributed by atoms with Crippen LogP contribution in [0.4, 0.5) is 5.69 Å². The van der Waals surface area contributed by atoms with Crippen molar-refractivity contribution in [3.8, 4) is 0 Å². The number of hydrazone groups is 1. The minimum atomic E-state index is -3.43. The largest absolute Gasteiger partial charge is 0.283 e. The molecule has 1 aliphatic heterocycles. The molecular weight excluding hydrogens is 374 g/mol. The molecule has 28 heavy (non-hydrogen) atoms. The summed E-state index contributed by atoms with van der Waals surface area (Å²) in [5, 5.41) is 6.17. The first-order chi connectivity index (χ1) is 13.2. The van der Waals surface area contributed by atoms with E-state index in [0.29, 0.717) is 23.4 Å². The Bertz CT molecular complexity index is 1030. The zero-order chi connectivity index (χ0) is 20.5. The van der Waals surface area contributed by atoms with E-state index in [1.54, 1.807) is 17.1 Å². The highest BCUT2D eigenvalue weighted by Gasteiger charge is 2.34. The van der Waals surface area contributed by atoms with Crippen molar-refractivity contribution in [1.82, 2.24) is 5.01 Å². The van der Waals surface area contributed by atoms with Gasteiger partial charge in [0.05, 0.1) is 23.7 Å². The molecule has 0 saturated heterocycles. The molecule has 6 nitrogen and oxygen atoms in total. The third-order valence-corrected chi connectivity index (χ3v) is 5.18. The fourth-order valence-corrected chi connectivity index (χ4v) is 3.88. The average Bonchev–Trinajstić information content (AvgIpc) is 3.05. The van der Waals surface area contributed by atoms with Crippen LogP contribution in [-0.4, -0.2) is 31.3 Å². The number of para-hydroxylation sites is 1. The molecule has 0 aliphatic carbocycles. The molecule has 0 fully saturated rings. The molecule has 148 valence electrons. The molecule has 1 N–H and O–H groups in total. The zero-order valence-electron chi connectivity index (χ0n) is 16.5. The van der Waals surface area contributed by atoms with Gasteiger partial charge in [-0.2, -0.15) is 5.10 Å². The van der Waals surface area contributed by atoms with E-state index in [1.807, 2.05) is 51.1 Å². The lowest BCUT2D eigenvalue weighted by Gasteiger charge is -2.23. The standard InChI is InChI=1S/C21H25N3O3S/c1-14(2)21(25)24-20(16-9-7-8-15(3)12-16)13-19(22-24)17-10-5-6-11-18(17)23-28(4,26)27/h5-12,14,20,23H,13H2,1-4H3/t20-/m0/s1. The molecular formula is C21H25N3O3S. The van der Waals surface area contributed by atoms with Gasteiger partial charge in [0.15, 0.2) is 0 Å². The van der Waals surface area contributed by atoms with E-state index >= 15 is 0 Å². The number of amides is 1. The fraction of sp³-hybridized carbons (Fsp3) is 0.333. The van der Waals surface area contributed by atoms with Crippen molar-refractivity contribution in [1.29, 1.82) is 0 Å². The summed E-state index contributed by atoms with van der Waals surface area (Å²) in [7, 11) is -3.43. The lowest BCUT2D eigenvalue weighted by atomic mass is 9.96. The minimum Gasteiger partial charge on any atom is -0.283 e. The number of benzene rings is 2. The summed E-state index contributed by atoms with van der Waals surface area (Å²) in [5.41, 5.74) is 3.96. The van der Waals surface area contributed by atoms with Crippen LogP contribution in [0.25, 0.3) is 0 Å². The molecule has 7 heteroatoms. The van der Waals surface area contributed by atoms with Gasteiger partial charge in [-0.15, -0.1) is 0 Å². The van der Waals surface area contributed by atoms with Crippen molar-refractivity contribution >= 4 is 27.3 Å². The average molecular weight is 400 g/mol. The smallest absolute Gasteiger partial charge is 0.245 e. The quantitative estimate of drug-likeness (QED) is 0.833. The Morgan fingerprint density at radius 2 is 1.89 bits per heavy atom. The maximum atomic E-state index is 12.8. The molecule has 1 aliphatic rings. The Balaban J connectivity index is 2.04. The topological polar surface area (TPSA) is 78.8 Å². The number of aryl methyl sites for hydroxylation is 1. The van der Waals surface area contributed by atoms with E-state index in [9.17, 15) is 13.2 Å². The second kappa shape index (κ2) is 7.75. The summed E-state index contributed by atoms with van der Waals surface area (Å²) in [6.45, 7) is 5.71. The normalized spacial score (nSPS) is 17.0. The van der Waals surface area contributed by atoms with Gasteiger partial charge in [0.2, 0.25) is 15.9 Å². The summed E-state index contributed by atoms with van der Waals surface area (Å²) >= 11 is 0. The first-order valence-electron chi connectivity index (χ1n) is 9.20. The number of carbonyl (C=O) groups is 1. The van der Waals surface area contributed by atoms with Gasteiger partial charge in [-0.3, -0.25) is 9.52 Å². The van der Waals surface area contributed by atoms with Crippen molar-refractivity contribution in [3.63, 3.8) is 0 Å². The number of hydrogen-bond donors (Lipinski definition) is 1. The monoisotopic (exact) mass is 399 g/mol. The second-order valence-electron chi connectivity index (χ2n) is 7.44. The van der Waals surface area contributed by atoms with Gasteiger partial charge in [-0.25, -0.2) is 13.4 Å². The van der Waals surface area contributed by atoms with Crippen molar-refractivity contribution in [3.05, 3.63) is 65.2 Å². The summed E-state index contributed by atoms with van der Waals surface area (Å²) in [6.07, 6.45) is 1.63. The third-order valence-electron chi connectivity index (χ3n) is 4.59. The molecule has 1 atom stereocenters.